The largest absolute Gasteiger partial charge is 0.416 e. The molecule has 3 aromatic carbocycles. The molecule has 0 radical (unpaired) electrons. The molecule has 0 bridgehead atoms. The highest BCUT2D eigenvalue weighted by molar-refractivity contribution is 5.95. The van der Waals surface area contributed by atoms with Crippen LogP contribution in [0.1, 0.15) is 27.2 Å². The van der Waals surface area contributed by atoms with Crippen molar-refractivity contribution in [1.82, 2.24) is 19.2 Å². The molecular formula is C33H28F3N5O3. The number of halogens is 3. The molecule has 0 aliphatic carbocycles. The summed E-state index contributed by atoms with van der Waals surface area (Å²) in [6.45, 7) is 4.50. The number of aromatic nitrogens is 2. The van der Waals surface area contributed by atoms with Gasteiger partial charge in [-0.25, -0.2) is 4.98 Å². The Labute approximate surface area is 251 Å². The Morgan fingerprint density at radius 2 is 1.59 bits per heavy atom. The Morgan fingerprint density at radius 3 is 2.30 bits per heavy atom. The molecule has 2 aromatic heterocycles. The summed E-state index contributed by atoms with van der Waals surface area (Å²) in [5.41, 5.74) is 4.89. The van der Waals surface area contributed by atoms with Gasteiger partial charge in [0.2, 0.25) is 0 Å². The molecule has 0 unspecified atom stereocenters. The zero-order valence-electron chi connectivity index (χ0n) is 23.8. The Balaban J connectivity index is 1.29. The third-order valence-electron chi connectivity index (χ3n) is 7.90. The number of nitrogens with zero attached hydrogens (tertiary/aromatic N) is 5. The minimum absolute atomic E-state index is 0.129. The average molecular weight is 600 g/mol. The lowest BCUT2D eigenvalue weighted by atomic mass is 10.0. The first-order chi connectivity index (χ1) is 21.1. The van der Waals surface area contributed by atoms with E-state index in [1.807, 2.05) is 47.9 Å². The zero-order valence-corrected chi connectivity index (χ0v) is 23.8. The third-order valence-corrected chi connectivity index (χ3v) is 7.90. The summed E-state index contributed by atoms with van der Waals surface area (Å²) in [4.78, 5) is 32.5. The Kier molecular flexibility index (Phi) is 7.64. The van der Waals surface area contributed by atoms with Crippen molar-refractivity contribution in [3.05, 3.63) is 124 Å². The molecule has 0 atom stereocenters. The lowest BCUT2D eigenvalue weighted by Gasteiger charge is -2.34. The number of non-ortho nitro benzene ring substituents is 1. The van der Waals surface area contributed by atoms with E-state index >= 15 is 0 Å². The third kappa shape index (κ3) is 5.91. The first-order valence-corrected chi connectivity index (χ1v) is 14.1. The van der Waals surface area contributed by atoms with E-state index in [9.17, 15) is 28.1 Å². The number of benzene rings is 3. The first kappa shape index (κ1) is 29.1. The first-order valence-electron chi connectivity index (χ1n) is 14.1. The number of carbonyl (C=O) groups is 1. The molecule has 224 valence electrons. The number of alkyl halides is 3. The second-order valence-electron chi connectivity index (χ2n) is 10.9. The number of fused-ring (bicyclic) bond motifs is 1. The molecule has 5 aromatic rings. The number of hydrogen-bond acceptors (Lipinski definition) is 5. The summed E-state index contributed by atoms with van der Waals surface area (Å²) in [6.07, 6.45) is -2.62. The van der Waals surface area contributed by atoms with E-state index in [2.05, 4.69) is 4.90 Å². The second-order valence-corrected chi connectivity index (χ2v) is 10.9. The van der Waals surface area contributed by atoms with Crippen molar-refractivity contribution >= 4 is 17.2 Å². The summed E-state index contributed by atoms with van der Waals surface area (Å²) < 4.78 is 42.2. The van der Waals surface area contributed by atoms with Crippen molar-refractivity contribution in [2.45, 2.75) is 19.6 Å². The van der Waals surface area contributed by atoms with Crippen LogP contribution in [0.4, 0.5) is 18.9 Å². The van der Waals surface area contributed by atoms with E-state index in [4.69, 9.17) is 4.98 Å². The van der Waals surface area contributed by atoms with Crippen LogP contribution >= 0.6 is 0 Å². The number of imidazole rings is 1. The highest BCUT2D eigenvalue weighted by Crippen LogP contribution is 2.33. The Morgan fingerprint density at radius 1 is 0.886 bits per heavy atom. The van der Waals surface area contributed by atoms with Gasteiger partial charge in [-0.15, -0.1) is 0 Å². The predicted octanol–water partition coefficient (Wildman–Crippen LogP) is 6.86. The lowest BCUT2D eigenvalue weighted by molar-refractivity contribution is -0.384. The standard InChI is InChI=1S/C33H28F3N5O3/c1-22-8-10-23(11-9-22)31-29(21-38-14-16-39(17-15-38)32(42)25-5-3-7-28(19-25)41(43)44)40-20-26(12-13-30(40)37-31)24-4-2-6-27(18-24)33(34,35)36/h2-13,18-20H,14-17,21H2,1H3. The summed E-state index contributed by atoms with van der Waals surface area (Å²) in [6, 6.07) is 22.6. The Bertz CT molecular complexity index is 1860. The van der Waals surface area contributed by atoms with E-state index in [-0.39, 0.29) is 17.2 Å². The van der Waals surface area contributed by atoms with Crippen molar-refractivity contribution in [2.75, 3.05) is 26.2 Å². The van der Waals surface area contributed by atoms with Gasteiger partial charge in [-0.3, -0.25) is 19.8 Å². The van der Waals surface area contributed by atoms with E-state index in [0.717, 1.165) is 34.6 Å². The van der Waals surface area contributed by atoms with Gasteiger partial charge < -0.3 is 9.30 Å². The number of rotatable bonds is 6. The summed E-state index contributed by atoms with van der Waals surface area (Å²) >= 11 is 0. The van der Waals surface area contributed by atoms with Crippen LogP contribution in [0.5, 0.6) is 0 Å². The Hall–Kier alpha value is -5.03. The molecule has 0 N–H and O–H groups in total. The molecule has 1 amide bonds. The summed E-state index contributed by atoms with van der Waals surface area (Å²) in [7, 11) is 0. The second kappa shape index (κ2) is 11.6. The maximum absolute atomic E-state index is 13.4. The van der Waals surface area contributed by atoms with Gasteiger partial charge in [-0.1, -0.05) is 48.0 Å². The zero-order chi connectivity index (χ0) is 31.0. The predicted molar refractivity (Wildman–Crippen MR) is 160 cm³/mol. The number of carbonyl (C=O) groups excluding carboxylic acids is 1. The maximum atomic E-state index is 13.4. The lowest BCUT2D eigenvalue weighted by Crippen LogP contribution is -2.48. The van der Waals surface area contributed by atoms with Gasteiger partial charge in [-0.2, -0.15) is 13.2 Å². The van der Waals surface area contributed by atoms with Crippen molar-refractivity contribution in [2.24, 2.45) is 0 Å². The van der Waals surface area contributed by atoms with Gasteiger partial charge in [0.15, 0.2) is 0 Å². The van der Waals surface area contributed by atoms with Crippen LogP contribution in [0, 0.1) is 17.0 Å². The molecule has 8 nitrogen and oxygen atoms in total. The monoisotopic (exact) mass is 599 g/mol. The number of pyridine rings is 1. The molecule has 1 fully saturated rings. The highest BCUT2D eigenvalue weighted by atomic mass is 19.4. The number of amides is 1. The van der Waals surface area contributed by atoms with Crippen LogP contribution in [0.3, 0.4) is 0 Å². The molecule has 1 saturated heterocycles. The number of piperazine rings is 1. The van der Waals surface area contributed by atoms with Gasteiger partial charge >= 0.3 is 6.18 Å². The van der Waals surface area contributed by atoms with Crippen molar-refractivity contribution < 1.29 is 22.9 Å². The van der Waals surface area contributed by atoms with Crippen molar-refractivity contribution in [3.63, 3.8) is 0 Å². The minimum atomic E-state index is -4.45. The van der Waals surface area contributed by atoms with Crippen LogP contribution in [0.25, 0.3) is 28.0 Å². The molecule has 44 heavy (non-hydrogen) atoms. The van der Waals surface area contributed by atoms with Gasteiger partial charge in [0.05, 0.1) is 21.9 Å². The number of aryl methyl sites for hydroxylation is 1. The van der Waals surface area contributed by atoms with Crippen LogP contribution in [0.15, 0.2) is 91.1 Å². The molecular weight excluding hydrogens is 571 g/mol. The highest BCUT2D eigenvalue weighted by Gasteiger charge is 2.30. The van der Waals surface area contributed by atoms with Crippen LogP contribution < -0.4 is 0 Å². The minimum Gasteiger partial charge on any atom is -0.336 e. The van der Waals surface area contributed by atoms with Crippen molar-refractivity contribution in [3.8, 4) is 22.4 Å². The summed E-state index contributed by atoms with van der Waals surface area (Å²) in [5.74, 6) is -0.255. The molecule has 0 saturated carbocycles. The molecule has 3 heterocycles. The van der Waals surface area contributed by atoms with E-state index in [0.29, 0.717) is 49.5 Å². The SMILES string of the molecule is Cc1ccc(-c2nc3ccc(-c4cccc(C(F)(F)F)c4)cn3c2CN2CCN(C(=O)c3cccc([N+](=O)[O-])c3)CC2)cc1. The molecule has 0 spiro atoms. The van der Waals surface area contributed by atoms with Gasteiger partial charge in [0.1, 0.15) is 5.65 Å². The fourth-order valence-electron chi connectivity index (χ4n) is 5.49. The van der Waals surface area contributed by atoms with E-state index < -0.39 is 16.7 Å². The van der Waals surface area contributed by atoms with Crippen LogP contribution in [-0.2, 0) is 12.7 Å². The fraction of sp³-hybridized carbons (Fsp3) is 0.212. The number of nitro groups is 1. The normalized spacial score (nSPS) is 14.2. The molecule has 11 heteroatoms. The van der Waals surface area contributed by atoms with Crippen molar-refractivity contribution in [1.29, 1.82) is 0 Å². The van der Waals surface area contributed by atoms with Crippen LogP contribution in [0.2, 0.25) is 0 Å². The average Bonchev–Trinajstić information content (AvgIpc) is 3.38. The fourth-order valence-corrected chi connectivity index (χ4v) is 5.49. The van der Waals surface area contributed by atoms with Crippen LogP contribution in [-0.4, -0.2) is 56.2 Å². The van der Waals surface area contributed by atoms with Gasteiger partial charge in [-0.05, 0) is 48.4 Å². The van der Waals surface area contributed by atoms with Gasteiger partial charge in [0, 0.05) is 62.2 Å². The van der Waals surface area contributed by atoms with Gasteiger partial charge in [0.25, 0.3) is 11.6 Å². The van der Waals surface area contributed by atoms with E-state index in [1.165, 1.54) is 24.3 Å². The smallest absolute Gasteiger partial charge is 0.336 e. The molecule has 1 aliphatic heterocycles. The summed E-state index contributed by atoms with van der Waals surface area (Å²) in [5, 5.41) is 11.2. The number of nitro benzene ring substituents is 1. The molecule has 6 rings (SSSR count). The topological polar surface area (TPSA) is 84.0 Å². The van der Waals surface area contributed by atoms with E-state index in [1.54, 1.807) is 23.1 Å². The quantitative estimate of drug-likeness (QED) is 0.157. The molecule has 1 aliphatic rings. The number of hydrogen-bond donors (Lipinski definition) is 0. The maximum Gasteiger partial charge on any atom is 0.416 e.